The van der Waals surface area contributed by atoms with Crippen LogP contribution in [-0.4, -0.2) is 105 Å². The van der Waals surface area contributed by atoms with Gasteiger partial charge in [0.15, 0.2) is 0 Å². The Morgan fingerprint density at radius 2 is 1.93 bits per heavy atom. The first-order valence-electron chi connectivity index (χ1n) is 10.3. The molecule has 2 saturated heterocycles. The topological polar surface area (TPSA) is 74.4 Å². The summed E-state index contributed by atoms with van der Waals surface area (Å²) in [5.74, 6) is 0.0727. The monoisotopic (exact) mass is 402 g/mol. The van der Waals surface area contributed by atoms with Crippen molar-refractivity contribution in [2.24, 2.45) is 5.92 Å². The van der Waals surface area contributed by atoms with E-state index in [0.717, 1.165) is 39.4 Å². The van der Waals surface area contributed by atoms with Crippen LogP contribution >= 0.6 is 0 Å². The average Bonchev–Trinajstić information content (AvgIpc) is 3.01. The highest BCUT2D eigenvalue weighted by Crippen LogP contribution is 2.34. The van der Waals surface area contributed by atoms with Gasteiger partial charge in [0, 0.05) is 53.4 Å². The molecule has 1 aromatic carbocycles. The fourth-order valence-corrected chi connectivity index (χ4v) is 4.50. The molecule has 4 rings (SSSR count). The second-order valence-corrected chi connectivity index (χ2v) is 8.37. The number of benzene rings is 1. The predicted molar refractivity (Wildman–Crippen MR) is 108 cm³/mol. The molecule has 0 aliphatic carbocycles. The van der Waals surface area contributed by atoms with Crippen molar-refractivity contribution < 1.29 is 19.1 Å². The van der Waals surface area contributed by atoms with Crippen molar-refractivity contribution in [2.75, 3.05) is 73.2 Å². The predicted octanol–water partition coefficient (Wildman–Crippen LogP) is -0.100. The van der Waals surface area contributed by atoms with E-state index in [4.69, 9.17) is 9.47 Å². The summed E-state index contributed by atoms with van der Waals surface area (Å²) in [6.07, 6.45) is 0. The molecular weight excluding hydrogens is 372 g/mol. The van der Waals surface area contributed by atoms with E-state index in [2.05, 4.69) is 15.1 Å². The lowest BCUT2D eigenvalue weighted by Gasteiger charge is -2.34. The molecule has 3 heterocycles. The van der Waals surface area contributed by atoms with Gasteiger partial charge < -0.3 is 19.7 Å². The van der Waals surface area contributed by atoms with Crippen molar-refractivity contribution in [1.29, 1.82) is 0 Å². The normalized spacial score (nSPS) is 27.8. The van der Waals surface area contributed by atoms with Gasteiger partial charge in [-0.15, -0.1) is 0 Å². The maximum absolute atomic E-state index is 13.0. The number of fused-ring (bicyclic) bond motifs is 1. The fourth-order valence-electron chi connectivity index (χ4n) is 4.50. The van der Waals surface area contributed by atoms with Gasteiger partial charge in [-0.25, -0.2) is 0 Å². The molecule has 0 bridgehead atoms. The third-order valence-electron chi connectivity index (χ3n) is 6.17. The van der Waals surface area contributed by atoms with E-state index in [1.165, 1.54) is 0 Å². The SMILES string of the molecule is CN(C)C(=O)[C@H]1CN(CCN2CCOCC2)C[C@@]12COc1ccccc1C(=O)N2. The van der Waals surface area contributed by atoms with E-state index in [1.807, 2.05) is 18.2 Å². The largest absolute Gasteiger partial charge is 0.490 e. The molecule has 3 aliphatic heterocycles. The van der Waals surface area contributed by atoms with Crippen LogP contribution in [0.1, 0.15) is 10.4 Å². The summed E-state index contributed by atoms with van der Waals surface area (Å²) < 4.78 is 11.5. The number of para-hydroxylation sites is 1. The maximum Gasteiger partial charge on any atom is 0.255 e. The summed E-state index contributed by atoms with van der Waals surface area (Å²) in [5.41, 5.74) is -0.213. The van der Waals surface area contributed by atoms with Gasteiger partial charge in [0.05, 0.1) is 30.2 Å². The first kappa shape index (κ1) is 20.1. The lowest BCUT2D eigenvalue weighted by Crippen LogP contribution is -2.60. The standard InChI is InChI=1S/C21H30N4O4/c1-23(2)20(27)17-13-25(8-7-24-9-11-28-12-10-24)14-21(17)15-29-18-6-4-3-5-16(18)19(26)22-21/h3-6,17H,7-15H2,1-2H3,(H,22,26)/t17-,21-/m1/s1. The Kier molecular flexibility index (Phi) is 5.76. The van der Waals surface area contributed by atoms with Crippen molar-refractivity contribution in [3.63, 3.8) is 0 Å². The van der Waals surface area contributed by atoms with Crippen LogP contribution in [0, 0.1) is 5.92 Å². The number of morpholine rings is 1. The van der Waals surface area contributed by atoms with Crippen LogP contribution in [0.5, 0.6) is 5.75 Å². The van der Waals surface area contributed by atoms with Gasteiger partial charge in [0.25, 0.3) is 5.91 Å². The highest BCUT2D eigenvalue weighted by atomic mass is 16.5. The minimum atomic E-state index is -0.734. The van der Waals surface area contributed by atoms with Crippen LogP contribution in [0.15, 0.2) is 24.3 Å². The molecule has 2 atom stereocenters. The van der Waals surface area contributed by atoms with Gasteiger partial charge in [-0.3, -0.25) is 19.4 Å². The highest BCUT2D eigenvalue weighted by molar-refractivity contribution is 5.98. The Bertz CT molecular complexity index is 765. The Morgan fingerprint density at radius 3 is 2.69 bits per heavy atom. The molecule has 8 heteroatoms. The quantitative estimate of drug-likeness (QED) is 0.758. The van der Waals surface area contributed by atoms with E-state index in [-0.39, 0.29) is 24.3 Å². The molecule has 2 fully saturated rings. The molecule has 29 heavy (non-hydrogen) atoms. The van der Waals surface area contributed by atoms with Crippen molar-refractivity contribution in [3.05, 3.63) is 29.8 Å². The van der Waals surface area contributed by atoms with E-state index in [0.29, 0.717) is 24.4 Å². The lowest BCUT2D eigenvalue weighted by atomic mass is 9.86. The molecule has 2 amide bonds. The zero-order valence-corrected chi connectivity index (χ0v) is 17.2. The Hall–Kier alpha value is -2.16. The first-order valence-corrected chi connectivity index (χ1v) is 10.3. The number of ether oxygens (including phenoxy) is 2. The first-order chi connectivity index (χ1) is 14.0. The summed E-state index contributed by atoms with van der Waals surface area (Å²) in [6.45, 7) is 6.69. The van der Waals surface area contributed by atoms with Gasteiger partial charge in [-0.05, 0) is 12.1 Å². The number of hydrogen-bond acceptors (Lipinski definition) is 6. The third kappa shape index (κ3) is 4.10. The van der Waals surface area contributed by atoms with E-state index < -0.39 is 5.54 Å². The molecule has 0 aromatic heterocycles. The molecule has 3 aliphatic rings. The Balaban J connectivity index is 1.53. The summed E-state index contributed by atoms with van der Waals surface area (Å²) >= 11 is 0. The fraction of sp³-hybridized carbons (Fsp3) is 0.619. The minimum absolute atomic E-state index is 0.0220. The molecule has 1 N–H and O–H groups in total. The number of likely N-dealkylation sites (tertiary alicyclic amines) is 1. The van der Waals surface area contributed by atoms with Crippen molar-refractivity contribution in [1.82, 2.24) is 20.0 Å². The van der Waals surface area contributed by atoms with Gasteiger partial charge in [0.2, 0.25) is 5.91 Å². The second-order valence-electron chi connectivity index (χ2n) is 8.37. The van der Waals surface area contributed by atoms with Crippen LogP contribution in [-0.2, 0) is 9.53 Å². The van der Waals surface area contributed by atoms with E-state index >= 15 is 0 Å². The lowest BCUT2D eigenvalue weighted by molar-refractivity contribution is -0.134. The number of carbonyl (C=O) groups is 2. The van der Waals surface area contributed by atoms with Gasteiger partial charge in [-0.2, -0.15) is 0 Å². The van der Waals surface area contributed by atoms with Crippen molar-refractivity contribution in [3.8, 4) is 5.75 Å². The Labute approximate surface area is 171 Å². The highest BCUT2D eigenvalue weighted by Gasteiger charge is 2.53. The molecule has 1 aromatic rings. The zero-order valence-electron chi connectivity index (χ0n) is 17.2. The van der Waals surface area contributed by atoms with Crippen LogP contribution in [0.3, 0.4) is 0 Å². The number of nitrogens with zero attached hydrogens (tertiary/aromatic N) is 3. The molecule has 0 radical (unpaired) electrons. The summed E-state index contributed by atoms with van der Waals surface area (Å²) in [4.78, 5) is 32.3. The summed E-state index contributed by atoms with van der Waals surface area (Å²) in [6, 6.07) is 7.25. The molecular formula is C21H30N4O4. The van der Waals surface area contributed by atoms with Gasteiger partial charge >= 0.3 is 0 Å². The number of carbonyl (C=O) groups excluding carboxylic acids is 2. The van der Waals surface area contributed by atoms with Crippen LogP contribution < -0.4 is 10.1 Å². The smallest absolute Gasteiger partial charge is 0.255 e. The van der Waals surface area contributed by atoms with Crippen LogP contribution in [0.25, 0.3) is 0 Å². The average molecular weight is 402 g/mol. The Morgan fingerprint density at radius 1 is 1.21 bits per heavy atom. The number of rotatable bonds is 4. The molecule has 1 spiro atoms. The molecule has 0 unspecified atom stereocenters. The molecule has 0 saturated carbocycles. The number of hydrogen-bond donors (Lipinski definition) is 1. The van der Waals surface area contributed by atoms with E-state index in [1.54, 1.807) is 25.1 Å². The minimum Gasteiger partial charge on any atom is -0.490 e. The third-order valence-corrected chi connectivity index (χ3v) is 6.17. The van der Waals surface area contributed by atoms with Gasteiger partial charge in [0.1, 0.15) is 12.4 Å². The van der Waals surface area contributed by atoms with Crippen LogP contribution in [0.2, 0.25) is 0 Å². The molecule has 8 nitrogen and oxygen atoms in total. The van der Waals surface area contributed by atoms with Crippen molar-refractivity contribution >= 4 is 11.8 Å². The molecule has 158 valence electrons. The van der Waals surface area contributed by atoms with Crippen LogP contribution in [0.4, 0.5) is 0 Å². The summed E-state index contributed by atoms with van der Waals surface area (Å²) in [5, 5.41) is 3.18. The van der Waals surface area contributed by atoms with E-state index in [9.17, 15) is 9.59 Å². The maximum atomic E-state index is 13.0. The zero-order chi connectivity index (χ0) is 20.4. The summed E-state index contributed by atoms with van der Waals surface area (Å²) in [7, 11) is 3.53. The number of nitrogens with one attached hydrogen (secondary N) is 1. The van der Waals surface area contributed by atoms with Crippen molar-refractivity contribution in [2.45, 2.75) is 5.54 Å². The second kappa shape index (κ2) is 8.30. The number of amides is 2. The van der Waals surface area contributed by atoms with Gasteiger partial charge in [-0.1, -0.05) is 12.1 Å².